The van der Waals surface area contributed by atoms with Crippen LogP contribution in [0.1, 0.15) is 18.9 Å². The molecule has 0 bridgehead atoms. The maximum absolute atomic E-state index is 11.9. The third-order valence-electron chi connectivity index (χ3n) is 3.17. The normalized spacial score (nSPS) is 12.0. The Hall–Kier alpha value is -2.34. The van der Waals surface area contributed by atoms with Gasteiger partial charge in [-0.05, 0) is 31.9 Å². The van der Waals surface area contributed by atoms with E-state index in [1.165, 1.54) is 0 Å². The highest BCUT2D eigenvalue weighted by molar-refractivity contribution is 5.88. The number of aliphatic hydroxyl groups excluding tert-OH is 1. The molecule has 0 aliphatic carbocycles. The Morgan fingerprint density at radius 1 is 1.38 bits per heavy atom. The van der Waals surface area contributed by atoms with Gasteiger partial charge in [0, 0.05) is 18.7 Å². The quantitative estimate of drug-likeness (QED) is 0.788. The summed E-state index contributed by atoms with van der Waals surface area (Å²) in [6.07, 6.45) is 2.16. The van der Waals surface area contributed by atoms with Crippen LogP contribution in [0.5, 0.6) is 0 Å². The summed E-state index contributed by atoms with van der Waals surface area (Å²) in [5.74, 6) is 0.595. The van der Waals surface area contributed by atoms with E-state index < -0.39 is 0 Å². The monoisotopic (exact) mass is 288 g/mol. The van der Waals surface area contributed by atoms with E-state index in [0.717, 1.165) is 11.3 Å². The Balaban J connectivity index is 2.11. The molecule has 1 atom stereocenters. The number of carbonyl (C=O) groups is 1. The van der Waals surface area contributed by atoms with Gasteiger partial charge in [0.15, 0.2) is 0 Å². The van der Waals surface area contributed by atoms with E-state index in [1.54, 1.807) is 16.9 Å². The molecule has 0 spiro atoms. The molecule has 6 nitrogen and oxygen atoms in total. The average Bonchev–Trinajstić information content (AvgIpc) is 2.87. The molecule has 1 aromatic heterocycles. The molecule has 112 valence electrons. The van der Waals surface area contributed by atoms with Crippen LogP contribution >= 0.6 is 0 Å². The zero-order chi connectivity index (χ0) is 15.2. The average molecular weight is 288 g/mol. The maximum Gasteiger partial charge on any atom is 0.320 e. The molecule has 1 heterocycles. The van der Waals surface area contributed by atoms with Crippen molar-refractivity contribution in [3.05, 3.63) is 42.1 Å². The van der Waals surface area contributed by atoms with Gasteiger partial charge in [0.1, 0.15) is 5.82 Å². The summed E-state index contributed by atoms with van der Waals surface area (Å²) in [5, 5.41) is 18.6. The molecule has 2 aromatic rings. The number of aliphatic hydroxyl groups is 1. The lowest BCUT2D eigenvalue weighted by atomic mass is 10.2. The van der Waals surface area contributed by atoms with Crippen molar-refractivity contribution in [3.8, 4) is 5.69 Å². The first kappa shape index (κ1) is 15.1. The maximum atomic E-state index is 11.9. The lowest BCUT2D eigenvalue weighted by Crippen LogP contribution is -2.37. The molecule has 0 saturated carbocycles. The smallest absolute Gasteiger partial charge is 0.320 e. The van der Waals surface area contributed by atoms with Crippen molar-refractivity contribution in [3.63, 3.8) is 0 Å². The zero-order valence-corrected chi connectivity index (χ0v) is 12.2. The van der Waals surface area contributed by atoms with Crippen LogP contribution in [-0.4, -0.2) is 33.6 Å². The first-order valence-electron chi connectivity index (χ1n) is 6.90. The van der Waals surface area contributed by atoms with Crippen LogP contribution in [0.25, 0.3) is 5.69 Å². The minimum atomic E-state index is -0.314. The number of hydrogen-bond acceptors (Lipinski definition) is 3. The molecule has 0 saturated heterocycles. The highest BCUT2D eigenvalue weighted by Gasteiger charge is 2.11. The van der Waals surface area contributed by atoms with E-state index in [-0.39, 0.29) is 18.7 Å². The van der Waals surface area contributed by atoms with Gasteiger partial charge in [-0.2, -0.15) is 5.10 Å². The topological polar surface area (TPSA) is 79.2 Å². The van der Waals surface area contributed by atoms with Crippen LogP contribution < -0.4 is 10.6 Å². The molecular formula is C15H20N4O2. The minimum absolute atomic E-state index is 0.0442. The first-order chi connectivity index (χ1) is 10.1. The Bertz CT molecular complexity index is 609. The number of urea groups is 1. The molecule has 0 aliphatic rings. The van der Waals surface area contributed by atoms with Crippen LogP contribution in [0, 0.1) is 6.92 Å². The number of carbonyl (C=O) groups excluding carboxylic acids is 1. The van der Waals surface area contributed by atoms with E-state index in [9.17, 15) is 4.79 Å². The molecule has 0 radical (unpaired) electrons. The number of nitrogens with zero attached hydrogens (tertiary/aromatic N) is 2. The molecule has 0 unspecified atom stereocenters. The summed E-state index contributed by atoms with van der Waals surface area (Å²) in [6, 6.07) is 9.15. The molecule has 0 fully saturated rings. The van der Waals surface area contributed by atoms with Gasteiger partial charge in [-0.3, -0.25) is 5.32 Å². The lowest BCUT2D eigenvalue weighted by molar-refractivity contribution is 0.241. The Morgan fingerprint density at radius 2 is 2.14 bits per heavy atom. The highest BCUT2D eigenvalue weighted by atomic mass is 16.3. The highest BCUT2D eigenvalue weighted by Crippen LogP contribution is 2.18. The minimum Gasteiger partial charge on any atom is -0.396 e. The van der Waals surface area contributed by atoms with Crippen LogP contribution in [0.2, 0.25) is 0 Å². The number of benzene rings is 1. The van der Waals surface area contributed by atoms with Crippen LogP contribution in [0.4, 0.5) is 10.6 Å². The van der Waals surface area contributed by atoms with Crippen molar-refractivity contribution in [2.45, 2.75) is 26.3 Å². The fraction of sp³-hybridized carbons (Fsp3) is 0.333. The van der Waals surface area contributed by atoms with Crippen molar-refractivity contribution >= 4 is 11.8 Å². The number of hydrogen-bond donors (Lipinski definition) is 3. The van der Waals surface area contributed by atoms with Crippen molar-refractivity contribution in [1.82, 2.24) is 15.1 Å². The van der Waals surface area contributed by atoms with E-state index in [4.69, 9.17) is 5.11 Å². The van der Waals surface area contributed by atoms with Crippen LogP contribution in [0.3, 0.4) is 0 Å². The number of para-hydroxylation sites is 1. The van der Waals surface area contributed by atoms with Crippen LogP contribution in [-0.2, 0) is 0 Å². The molecule has 6 heteroatoms. The number of nitrogens with one attached hydrogen (secondary N) is 2. The van der Waals surface area contributed by atoms with Crippen molar-refractivity contribution in [1.29, 1.82) is 0 Å². The Labute approximate surface area is 123 Å². The van der Waals surface area contributed by atoms with Crippen LogP contribution in [0.15, 0.2) is 36.5 Å². The number of amides is 2. The summed E-state index contributed by atoms with van der Waals surface area (Å²) in [4.78, 5) is 11.9. The van der Waals surface area contributed by atoms with Crippen molar-refractivity contribution < 1.29 is 9.90 Å². The fourth-order valence-corrected chi connectivity index (χ4v) is 2.03. The van der Waals surface area contributed by atoms with E-state index in [0.29, 0.717) is 12.2 Å². The van der Waals surface area contributed by atoms with Gasteiger partial charge in [-0.1, -0.05) is 18.2 Å². The number of aryl methyl sites for hydroxylation is 1. The molecular weight excluding hydrogens is 268 g/mol. The summed E-state index contributed by atoms with van der Waals surface area (Å²) < 4.78 is 1.69. The second-order valence-electron chi connectivity index (χ2n) is 4.93. The Kier molecular flexibility index (Phi) is 4.94. The Morgan fingerprint density at radius 3 is 2.86 bits per heavy atom. The van der Waals surface area contributed by atoms with Crippen molar-refractivity contribution in [2.75, 3.05) is 11.9 Å². The predicted octanol–water partition coefficient (Wildman–Crippen LogP) is 2.07. The van der Waals surface area contributed by atoms with Gasteiger partial charge >= 0.3 is 6.03 Å². The molecule has 1 aromatic carbocycles. The first-order valence-corrected chi connectivity index (χ1v) is 6.90. The fourth-order valence-electron chi connectivity index (χ4n) is 2.03. The zero-order valence-electron chi connectivity index (χ0n) is 12.2. The van der Waals surface area contributed by atoms with Gasteiger partial charge in [0.05, 0.1) is 11.9 Å². The summed E-state index contributed by atoms with van der Waals surface area (Å²) >= 11 is 0. The molecule has 2 amide bonds. The van der Waals surface area contributed by atoms with Gasteiger partial charge in [-0.25, -0.2) is 9.48 Å². The number of rotatable bonds is 5. The van der Waals surface area contributed by atoms with E-state index >= 15 is 0 Å². The summed E-state index contributed by atoms with van der Waals surface area (Å²) in [7, 11) is 0. The van der Waals surface area contributed by atoms with Gasteiger partial charge in [0.2, 0.25) is 0 Å². The van der Waals surface area contributed by atoms with Crippen molar-refractivity contribution in [2.24, 2.45) is 0 Å². The molecule has 3 N–H and O–H groups in total. The second-order valence-corrected chi connectivity index (χ2v) is 4.93. The molecule has 2 rings (SSSR count). The SMILES string of the molecule is Cc1ccccc1-n1nccc1NC(=O)N[C@@H](C)CCO. The summed E-state index contributed by atoms with van der Waals surface area (Å²) in [6.45, 7) is 3.88. The lowest BCUT2D eigenvalue weighted by Gasteiger charge is -2.15. The van der Waals surface area contributed by atoms with Gasteiger partial charge < -0.3 is 10.4 Å². The van der Waals surface area contributed by atoms with Gasteiger partial charge in [0.25, 0.3) is 0 Å². The molecule has 21 heavy (non-hydrogen) atoms. The standard InChI is InChI=1S/C15H20N4O2/c1-11-5-3-4-6-13(11)19-14(7-9-16-19)18-15(21)17-12(2)8-10-20/h3-7,9,12,20H,8,10H2,1-2H3,(H2,17,18,21)/t12-/m0/s1. The predicted molar refractivity (Wildman–Crippen MR) is 81.6 cm³/mol. The third-order valence-corrected chi connectivity index (χ3v) is 3.17. The number of anilines is 1. The summed E-state index contributed by atoms with van der Waals surface area (Å²) in [5.41, 5.74) is 1.99. The third kappa shape index (κ3) is 3.82. The second kappa shape index (κ2) is 6.90. The van der Waals surface area contributed by atoms with E-state index in [1.807, 2.05) is 38.1 Å². The molecule has 0 aliphatic heterocycles. The number of aromatic nitrogens is 2. The van der Waals surface area contributed by atoms with E-state index in [2.05, 4.69) is 15.7 Å². The van der Waals surface area contributed by atoms with Gasteiger partial charge in [-0.15, -0.1) is 0 Å². The largest absolute Gasteiger partial charge is 0.396 e.